The van der Waals surface area contributed by atoms with Crippen LogP contribution in [0.5, 0.6) is 0 Å². The first-order chi connectivity index (χ1) is 9.36. The van der Waals surface area contributed by atoms with Gasteiger partial charge in [-0.3, -0.25) is 0 Å². The molecule has 1 unspecified atom stereocenters. The van der Waals surface area contributed by atoms with E-state index >= 15 is 0 Å². The molecule has 1 aromatic rings. The van der Waals surface area contributed by atoms with Crippen molar-refractivity contribution in [1.82, 2.24) is 10.3 Å². The number of halogens is 3. The van der Waals surface area contributed by atoms with Gasteiger partial charge in [0.25, 0.3) is 0 Å². The molecule has 0 bridgehead atoms. The summed E-state index contributed by atoms with van der Waals surface area (Å²) in [6.45, 7) is 6.89. The maximum Gasteiger partial charge on any atom is 0.433 e. The van der Waals surface area contributed by atoms with Crippen LogP contribution in [0.25, 0.3) is 0 Å². The lowest BCUT2D eigenvalue weighted by molar-refractivity contribution is -0.141. The predicted molar refractivity (Wildman–Crippen MR) is 72.7 cm³/mol. The molecule has 1 aromatic heterocycles. The third-order valence-corrected chi connectivity index (χ3v) is 3.50. The van der Waals surface area contributed by atoms with Crippen LogP contribution >= 0.6 is 0 Å². The van der Waals surface area contributed by atoms with Crippen LogP contribution in [0, 0.1) is 5.92 Å². The number of anilines is 1. The lowest BCUT2D eigenvalue weighted by Crippen LogP contribution is -2.30. The number of alkyl halides is 3. The summed E-state index contributed by atoms with van der Waals surface area (Å²) in [5, 5.41) is 3.40. The number of nitrogens with zero attached hydrogens (tertiary/aromatic N) is 2. The Hall–Kier alpha value is -1.30. The molecule has 2 heterocycles. The summed E-state index contributed by atoms with van der Waals surface area (Å²) < 4.78 is 37.4. The van der Waals surface area contributed by atoms with Crippen molar-refractivity contribution in [3.63, 3.8) is 0 Å². The van der Waals surface area contributed by atoms with Crippen molar-refractivity contribution in [2.24, 2.45) is 5.92 Å². The molecule has 0 aliphatic carbocycles. The van der Waals surface area contributed by atoms with Gasteiger partial charge in [-0.2, -0.15) is 13.2 Å². The topological polar surface area (TPSA) is 28.2 Å². The van der Waals surface area contributed by atoms with Crippen LogP contribution < -0.4 is 10.2 Å². The fourth-order valence-corrected chi connectivity index (χ4v) is 2.38. The Morgan fingerprint density at radius 2 is 2.15 bits per heavy atom. The quantitative estimate of drug-likeness (QED) is 0.923. The Kier molecular flexibility index (Phi) is 4.52. The first-order valence-corrected chi connectivity index (χ1v) is 6.88. The molecule has 112 valence electrons. The van der Waals surface area contributed by atoms with Crippen molar-refractivity contribution in [2.75, 3.05) is 24.5 Å². The molecular formula is C14H20F3N3. The Morgan fingerprint density at radius 1 is 1.40 bits per heavy atom. The van der Waals surface area contributed by atoms with E-state index in [0.717, 1.165) is 37.8 Å². The van der Waals surface area contributed by atoms with E-state index < -0.39 is 11.9 Å². The number of pyridine rings is 1. The van der Waals surface area contributed by atoms with Crippen LogP contribution in [-0.4, -0.2) is 30.7 Å². The zero-order chi connectivity index (χ0) is 14.8. The maximum absolute atomic E-state index is 12.5. The standard InChI is InChI=1S/C14H20F3N3/c1-10(2)18-7-11-5-6-20(9-11)12-3-4-13(19-8-12)14(15,16)17/h3-4,8,10-11,18H,5-7,9H2,1-2H3. The smallest absolute Gasteiger partial charge is 0.370 e. The highest BCUT2D eigenvalue weighted by molar-refractivity contribution is 5.45. The predicted octanol–water partition coefficient (Wildman–Crippen LogP) is 2.92. The minimum atomic E-state index is -4.37. The van der Waals surface area contributed by atoms with Gasteiger partial charge in [-0.25, -0.2) is 4.98 Å². The third-order valence-electron chi connectivity index (χ3n) is 3.50. The van der Waals surface area contributed by atoms with Gasteiger partial charge >= 0.3 is 6.18 Å². The molecule has 1 aliphatic rings. The Labute approximate surface area is 117 Å². The summed E-state index contributed by atoms with van der Waals surface area (Å²) >= 11 is 0. The molecule has 1 saturated heterocycles. The van der Waals surface area contributed by atoms with Crippen LogP contribution in [0.4, 0.5) is 18.9 Å². The zero-order valence-electron chi connectivity index (χ0n) is 11.7. The first-order valence-electron chi connectivity index (χ1n) is 6.88. The number of aromatic nitrogens is 1. The first kappa shape index (κ1) is 15.1. The van der Waals surface area contributed by atoms with Crippen molar-refractivity contribution in [1.29, 1.82) is 0 Å². The zero-order valence-corrected chi connectivity index (χ0v) is 11.7. The number of hydrogen-bond acceptors (Lipinski definition) is 3. The molecule has 1 fully saturated rings. The summed E-state index contributed by atoms with van der Waals surface area (Å²) in [5.74, 6) is 0.541. The van der Waals surface area contributed by atoms with E-state index in [9.17, 15) is 13.2 Å². The third kappa shape index (κ3) is 3.85. The SMILES string of the molecule is CC(C)NCC1CCN(c2ccc(C(F)(F)F)nc2)C1. The molecular weight excluding hydrogens is 267 g/mol. The molecule has 1 N–H and O–H groups in total. The van der Waals surface area contributed by atoms with Crippen molar-refractivity contribution >= 4 is 5.69 Å². The normalized spacial score (nSPS) is 19.9. The lowest BCUT2D eigenvalue weighted by atomic mass is 10.1. The Morgan fingerprint density at radius 3 is 2.70 bits per heavy atom. The average molecular weight is 287 g/mol. The average Bonchev–Trinajstić information content (AvgIpc) is 2.84. The number of hydrogen-bond donors (Lipinski definition) is 1. The van der Waals surface area contributed by atoms with Gasteiger partial charge in [-0.15, -0.1) is 0 Å². The van der Waals surface area contributed by atoms with E-state index in [2.05, 4.69) is 29.0 Å². The van der Waals surface area contributed by atoms with Crippen LogP contribution in [0.2, 0.25) is 0 Å². The van der Waals surface area contributed by atoms with E-state index in [4.69, 9.17) is 0 Å². The summed E-state index contributed by atoms with van der Waals surface area (Å²) in [6.07, 6.45) is -1.99. The highest BCUT2D eigenvalue weighted by Gasteiger charge is 2.32. The van der Waals surface area contributed by atoms with Gasteiger partial charge in [-0.1, -0.05) is 13.8 Å². The lowest BCUT2D eigenvalue weighted by Gasteiger charge is -2.19. The van der Waals surface area contributed by atoms with Crippen LogP contribution in [0.1, 0.15) is 26.0 Å². The van der Waals surface area contributed by atoms with Crippen LogP contribution in [0.15, 0.2) is 18.3 Å². The number of nitrogens with one attached hydrogen (secondary N) is 1. The molecule has 0 spiro atoms. The fraction of sp³-hybridized carbons (Fsp3) is 0.643. The van der Waals surface area contributed by atoms with E-state index in [1.807, 2.05) is 0 Å². The van der Waals surface area contributed by atoms with E-state index in [-0.39, 0.29) is 0 Å². The molecule has 1 atom stereocenters. The van der Waals surface area contributed by atoms with Gasteiger partial charge in [0.05, 0.1) is 11.9 Å². The highest BCUT2D eigenvalue weighted by Crippen LogP contribution is 2.29. The van der Waals surface area contributed by atoms with Crippen molar-refractivity contribution in [3.8, 4) is 0 Å². The molecule has 6 heteroatoms. The monoisotopic (exact) mass is 287 g/mol. The summed E-state index contributed by atoms with van der Waals surface area (Å²) in [5.41, 5.74) is -0.0662. The molecule has 0 aromatic carbocycles. The highest BCUT2D eigenvalue weighted by atomic mass is 19.4. The molecule has 0 saturated carbocycles. The van der Waals surface area contributed by atoms with Gasteiger partial charge in [-0.05, 0) is 31.0 Å². The molecule has 3 nitrogen and oxygen atoms in total. The molecule has 1 aliphatic heterocycles. The molecule has 0 amide bonds. The van der Waals surface area contributed by atoms with Crippen molar-refractivity contribution < 1.29 is 13.2 Å². The second-order valence-electron chi connectivity index (χ2n) is 5.56. The van der Waals surface area contributed by atoms with E-state index in [0.29, 0.717) is 12.0 Å². The van der Waals surface area contributed by atoms with E-state index in [1.165, 1.54) is 12.3 Å². The maximum atomic E-state index is 12.5. The van der Waals surface area contributed by atoms with Gasteiger partial charge < -0.3 is 10.2 Å². The minimum Gasteiger partial charge on any atom is -0.370 e. The van der Waals surface area contributed by atoms with Crippen LogP contribution in [0.3, 0.4) is 0 Å². The minimum absolute atomic E-state index is 0.455. The van der Waals surface area contributed by atoms with Crippen molar-refractivity contribution in [2.45, 2.75) is 32.5 Å². The molecule has 20 heavy (non-hydrogen) atoms. The van der Waals surface area contributed by atoms with Crippen LogP contribution in [-0.2, 0) is 6.18 Å². The summed E-state index contributed by atoms with van der Waals surface area (Å²) in [6, 6.07) is 3.01. The second-order valence-corrected chi connectivity index (χ2v) is 5.56. The Balaban J connectivity index is 1.93. The number of rotatable bonds is 4. The summed E-state index contributed by atoms with van der Waals surface area (Å²) in [4.78, 5) is 5.61. The molecule has 0 radical (unpaired) electrons. The Bertz CT molecular complexity index is 428. The van der Waals surface area contributed by atoms with Gasteiger partial charge in [0, 0.05) is 19.1 Å². The second kappa shape index (κ2) is 5.99. The molecule has 2 rings (SSSR count). The van der Waals surface area contributed by atoms with Crippen molar-refractivity contribution in [3.05, 3.63) is 24.0 Å². The van der Waals surface area contributed by atoms with E-state index in [1.54, 1.807) is 0 Å². The van der Waals surface area contributed by atoms with Gasteiger partial charge in [0.15, 0.2) is 0 Å². The van der Waals surface area contributed by atoms with Gasteiger partial charge in [0.2, 0.25) is 0 Å². The largest absolute Gasteiger partial charge is 0.433 e. The summed E-state index contributed by atoms with van der Waals surface area (Å²) in [7, 11) is 0. The van der Waals surface area contributed by atoms with Gasteiger partial charge in [0.1, 0.15) is 5.69 Å². The fourth-order valence-electron chi connectivity index (χ4n) is 2.38.